The van der Waals surface area contributed by atoms with Gasteiger partial charge in [0.1, 0.15) is 5.82 Å². The lowest BCUT2D eigenvalue weighted by atomic mass is 10.1. The van der Waals surface area contributed by atoms with Crippen molar-refractivity contribution < 1.29 is 18.3 Å². The molecule has 3 aromatic rings. The molecule has 29 heavy (non-hydrogen) atoms. The van der Waals surface area contributed by atoms with Gasteiger partial charge in [0.25, 0.3) is 0 Å². The normalized spacial score (nSPS) is 11.3. The smallest absolute Gasteiger partial charge is 0.396 e. The molecule has 2 aromatic heterocycles. The molecule has 3 N–H and O–H groups in total. The van der Waals surface area contributed by atoms with E-state index in [9.17, 15) is 13.2 Å². The summed E-state index contributed by atoms with van der Waals surface area (Å²) in [7, 11) is 0. The summed E-state index contributed by atoms with van der Waals surface area (Å²) in [6, 6.07) is 10.3. The number of rotatable bonds is 7. The van der Waals surface area contributed by atoms with Crippen molar-refractivity contribution in [1.29, 1.82) is 0 Å². The zero-order chi connectivity index (χ0) is 20.9. The Kier molecular flexibility index (Phi) is 6.50. The highest BCUT2D eigenvalue weighted by molar-refractivity contribution is 6.33. The molecule has 0 aliphatic heterocycles. The van der Waals surface area contributed by atoms with E-state index in [2.05, 4.69) is 25.6 Å². The fourth-order valence-corrected chi connectivity index (χ4v) is 2.75. The van der Waals surface area contributed by atoms with Crippen molar-refractivity contribution in [2.75, 3.05) is 23.8 Å². The molecule has 0 aliphatic rings. The fourth-order valence-electron chi connectivity index (χ4n) is 2.53. The predicted octanol–water partition coefficient (Wildman–Crippen LogP) is 4.75. The van der Waals surface area contributed by atoms with E-state index in [4.69, 9.17) is 16.7 Å². The van der Waals surface area contributed by atoms with Gasteiger partial charge in [0.2, 0.25) is 5.95 Å². The average molecular weight is 424 g/mol. The molecule has 0 aliphatic carbocycles. The number of nitrogens with zero attached hydrogens (tertiary/aromatic N) is 3. The van der Waals surface area contributed by atoms with Crippen LogP contribution in [0.3, 0.4) is 0 Å². The van der Waals surface area contributed by atoms with Gasteiger partial charge in [-0.3, -0.25) is 4.98 Å². The van der Waals surface area contributed by atoms with Crippen LogP contribution < -0.4 is 10.6 Å². The van der Waals surface area contributed by atoms with Crippen LogP contribution in [0.15, 0.2) is 48.7 Å². The largest absolute Gasteiger partial charge is 0.418 e. The Labute approximate surface area is 169 Å². The maximum absolute atomic E-state index is 13.4. The summed E-state index contributed by atoms with van der Waals surface area (Å²) in [5, 5.41) is 14.5. The topological polar surface area (TPSA) is 83.0 Å². The minimum atomic E-state index is -4.59. The number of hydrogen-bond donors (Lipinski definition) is 3. The van der Waals surface area contributed by atoms with Crippen LogP contribution in [0.25, 0.3) is 11.4 Å². The summed E-state index contributed by atoms with van der Waals surface area (Å²) in [6.07, 6.45) is -2.55. The molecular weight excluding hydrogens is 407 g/mol. The fraction of sp³-hybridized carbons (Fsp3) is 0.211. The van der Waals surface area contributed by atoms with Crippen LogP contribution >= 0.6 is 11.6 Å². The van der Waals surface area contributed by atoms with E-state index in [1.54, 1.807) is 24.4 Å². The summed E-state index contributed by atoms with van der Waals surface area (Å²) in [6.45, 7) is 0.369. The molecule has 0 unspecified atom stereocenters. The van der Waals surface area contributed by atoms with Crippen molar-refractivity contribution in [1.82, 2.24) is 15.0 Å². The SMILES string of the molecule is OCCCNc1nc(Nc2c(Cl)cccc2C(F)(F)F)cc(-c2ccccn2)n1. The summed E-state index contributed by atoms with van der Waals surface area (Å²) in [5.41, 5.74) is -0.264. The standard InChI is InChI=1S/C19H17ClF3N5O/c20-13-6-3-5-12(19(21,22)23)17(13)27-16-11-15(14-7-1-2-8-24-14)26-18(28-16)25-9-4-10-29/h1-3,5-8,11,29H,4,9-10H2,(H2,25,26,27,28). The molecular formula is C19H17ClF3N5O. The number of aliphatic hydroxyl groups excluding tert-OH is 1. The highest BCUT2D eigenvalue weighted by atomic mass is 35.5. The molecule has 152 valence electrons. The van der Waals surface area contributed by atoms with Crippen molar-refractivity contribution in [3.63, 3.8) is 0 Å². The maximum Gasteiger partial charge on any atom is 0.418 e. The van der Waals surface area contributed by atoms with Gasteiger partial charge in [0.15, 0.2) is 0 Å². The molecule has 0 amide bonds. The minimum absolute atomic E-state index is 0.0212. The van der Waals surface area contributed by atoms with Gasteiger partial charge in [-0.15, -0.1) is 0 Å². The van der Waals surface area contributed by atoms with Gasteiger partial charge in [-0.05, 0) is 30.7 Å². The second kappa shape index (κ2) is 9.06. The number of benzene rings is 1. The van der Waals surface area contributed by atoms with Crippen LogP contribution in [0.2, 0.25) is 5.02 Å². The highest BCUT2D eigenvalue weighted by Crippen LogP contribution is 2.39. The Morgan fingerprint density at radius 2 is 1.86 bits per heavy atom. The van der Waals surface area contributed by atoms with Crippen molar-refractivity contribution >= 4 is 29.1 Å². The van der Waals surface area contributed by atoms with Crippen LogP contribution in [-0.2, 0) is 6.18 Å². The third-order valence-electron chi connectivity index (χ3n) is 3.84. The molecule has 0 bridgehead atoms. The summed E-state index contributed by atoms with van der Waals surface area (Å²) in [5.74, 6) is 0.301. The lowest BCUT2D eigenvalue weighted by molar-refractivity contribution is -0.136. The van der Waals surface area contributed by atoms with E-state index in [0.717, 1.165) is 6.07 Å². The number of hydrogen-bond acceptors (Lipinski definition) is 6. The van der Waals surface area contributed by atoms with E-state index >= 15 is 0 Å². The number of aromatic nitrogens is 3. The predicted molar refractivity (Wildman–Crippen MR) is 105 cm³/mol. The first-order valence-corrected chi connectivity index (χ1v) is 9.04. The number of nitrogens with one attached hydrogen (secondary N) is 2. The van der Waals surface area contributed by atoms with Gasteiger partial charge >= 0.3 is 6.18 Å². The second-order valence-corrected chi connectivity index (χ2v) is 6.37. The molecule has 0 atom stereocenters. The van der Waals surface area contributed by atoms with E-state index in [0.29, 0.717) is 24.4 Å². The Balaban J connectivity index is 2.02. The number of para-hydroxylation sites is 1. The summed E-state index contributed by atoms with van der Waals surface area (Å²) < 4.78 is 40.1. The van der Waals surface area contributed by atoms with Gasteiger partial charge in [-0.25, -0.2) is 4.98 Å². The molecule has 0 radical (unpaired) electrons. The molecule has 6 nitrogen and oxygen atoms in total. The molecule has 0 saturated heterocycles. The van der Waals surface area contributed by atoms with E-state index < -0.39 is 11.7 Å². The minimum Gasteiger partial charge on any atom is -0.396 e. The van der Waals surface area contributed by atoms with Crippen LogP contribution in [0, 0.1) is 0 Å². The van der Waals surface area contributed by atoms with Gasteiger partial charge < -0.3 is 15.7 Å². The average Bonchev–Trinajstić information content (AvgIpc) is 2.69. The number of alkyl halides is 3. The van der Waals surface area contributed by atoms with E-state index in [1.807, 2.05) is 0 Å². The Morgan fingerprint density at radius 1 is 1.03 bits per heavy atom. The molecule has 0 spiro atoms. The first-order valence-electron chi connectivity index (χ1n) is 8.66. The van der Waals surface area contributed by atoms with Crippen molar-refractivity contribution in [2.24, 2.45) is 0 Å². The molecule has 1 aromatic carbocycles. The third kappa shape index (κ3) is 5.33. The van der Waals surface area contributed by atoms with Gasteiger partial charge in [0.05, 0.1) is 27.7 Å². The quantitative estimate of drug-likeness (QED) is 0.476. The molecule has 0 fully saturated rings. The third-order valence-corrected chi connectivity index (χ3v) is 4.16. The summed E-state index contributed by atoms with van der Waals surface area (Å²) >= 11 is 6.02. The monoisotopic (exact) mass is 423 g/mol. The van der Waals surface area contributed by atoms with Crippen LogP contribution in [0.5, 0.6) is 0 Å². The Bertz CT molecular complexity index is 970. The van der Waals surface area contributed by atoms with Crippen molar-refractivity contribution in [3.05, 3.63) is 59.2 Å². The number of aliphatic hydroxyl groups is 1. The van der Waals surface area contributed by atoms with Crippen LogP contribution in [0.1, 0.15) is 12.0 Å². The molecule has 2 heterocycles. The van der Waals surface area contributed by atoms with Crippen LogP contribution in [-0.4, -0.2) is 33.2 Å². The van der Waals surface area contributed by atoms with Crippen molar-refractivity contribution in [3.8, 4) is 11.4 Å². The second-order valence-electron chi connectivity index (χ2n) is 5.97. The first-order chi connectivity index (χ1) is 13.9. The van der Waals surface area contributed by atoms with Crippen LogP contribution in [0.4, 0.5) is 30.6 Å². The zero-order valence-electron chi connectivity index (χ0n) is 15.0. The van der Waals surface area contributed by atoms with E-state index in [1.165, 1.54) is 18.2 Å². The first kappa shape index (κ1) is 20.8. The molecule has 10 heteroatoms. The Hall–Kier alpha value is -2.91. The lowest BCUT2D eigenvalue weighted by Crippen LogP contribution is -2.11. The van der Waals surface area contributed by atoms with Crippen molar-refractivity contribution in [2.45, 2.75) is 12.6 Å². The highest BCUT2D eigenvalue weighted by Gasteiger charge is 2.34. The van der Waals surface area contributed by atoms with E-state index in [-0.39, 0.29) is 29.1 Å². The van der Waals surface area contributed by atoms with Gasteiger partial charge in [-0.2, -0.15) is 18.2 Å². The zero-order valence-corrected chi connectivity index (χ0v) is 15.8. The Morgan fingerprint density at radius 3 is 2.55 bits per heavy atom. The number of pyridine rings is 1. The lowest BCUT2D eigenvalue weighted by Gasteiger charge is -2.16. The molecule has 3 rings (SSSR count). The number of halogens is 4. The van der Waals surface area contributed by atoms with Gasteiger partial charge in [0, 0.05) is 25.4 Å². The van der Waals surface area contributed by atoms with Gasteiger partial charge in [-0.1, -0.05) is 23.7 Å². The summed E-state index contributed by atoms with van der Waals surface area (Å²) in [4.78, 5) is 12.8. The number of anilines is 3. The molecule has 0 saturated carbocycles. The maximum atomic E-state index is 13.4.